The topological polar surface area (TPSA) is 63.7 Å². The normalized spacial score (nSPS) is 19.8. The first-order valence-corrected chi connectivity index (χ1v) is 7.48. The fourth-order valence-corrected chi connectivity index (χ4v) is 2.30. The molecule has 0 aromatic heterocycles. The van der Waals surface area contributed by atoms with E-state index >= 15 is 0 Å². The van der Waals surface area contributed by atoms with Gasteiger partial charge < -0.3 is 9.64 Å². The summed E-state index contributed by atoms with van der Waals surface area (Å²) in [6.07, 6.45) is 0.469. The van der Waals surface area contributed by atoms with E-state index in [1.165, 1.54) is 0 Å². The first kappa shape index (κ1) is 17.7. The number of rotatable bonds is 5. The highest BCUT2D eigenvalue weighted by atomic mass is 16.5. The minimum atomic E-state index is -1.21. The number of Topliss-reactive ketones (excluding diaryl/α,β-unsaturated/α-hetero) is 1. The van der Waals surface area contributed by atoms with Crippen LogP contribution < -0.4 is 0 Å². The first-order valence-electron chi connectivity index (χ1n) is 7.48. The zero-order chi connectivity index (χ0) is 16.4. The molecule has 1 aliphatic heterocycles. The van der Waals surface area contributed by atoms with Gasteiger partial charge in [-0.3, -0.25) is 14.4 Å². The lowest BCUT2D eigenvalue weighted by molar-refractivity contribution is -0.158. The Morgan fingerprint density at radius 2 is 1.81 bits per heavy atom. The molecule has 1 amide bonds. The SMILES string of the molecule is CCOC(=O)C(C)(C)C(=O)CN1CC(C(C)(C)C)CC1=O. The maximum atomic E-state index is 12.3. The van der Waals surface area contributed by atoms with Gasteiger partial charge in [0.2, 0.25) is 5.91 Å². The third kappa shape index (κ3) is 4.05. The standard InChI is InChI=1S/C16H27NO4/c1-7-21-14(20)16(5,6)12(18)10-17-9-11(8-13(17)19)15(2,3)4/h11H,7-10H2,1-6H3. The van der Waals surface area contributed by atoms with E-state index in [1.807, 2.05) is 0 Å². The van der Waals surface area contributed by atoms with Gasteiger partial charge in [-0.25, -0.2) is 0 Å². The zero-order valence-electron chi connectivity index (χ0n) is 14.0. The van der Waals surface area contributed by atoms with Crippen LogP contribution in [0.5, 0.6) is 0 Å². The van der Waals surface area contributed by atoms with E-state index in [9.17, 15) is 14.4 Å². The van der Waals surface area contributed by atoms with E-state index < -0.39 is 11.4 Å². The number of ether oxygens (including phenoxy) is 1. The van der Waals surface area contributed by atoms with Crippen molar-refractivity contribution in [1.82, 2.24) is 4.90 Å². The molecule has 1 aliphatic rings. The molecule has 0 saturated carbocycles. The lowest BCUT2D eigenvalue weighted by Gasteiger charge is -2.27. The van der Waals surface area contributed by atoms with Crippen LogP contribution >= 0.6 is 0 Å². The molecule has 0 bridgehead atoms. The second-order valence-corrected chi connectivity index (χ2v) is 7.31. The molecule has 1 atom stereocenters. The van der Waals surface area contributed by atoms with Crippen LogP contribution in [0.15, 0.2) is 0 Å². The average molecular weight is 297 g/mol. The lowest BCUT2D eigenvalue weighted by Crippen LogP contribution is -2.43. The van der Waals surface area contributed by atoms with Gasteiger partial charge in [-0.2, -0.15) is 0 Å². The summed E-state index contributed by atoms with van der Waals surface area (Å²) in [5, 5.41) is 0. The number of ketones is 1. The fourth-order valence-electron chi connectivity index (χ4n) is 2.30. The molecule has 5 nitrogen and oxygen atoms in total. The molecule has 21 heavy (non-hydrogen) atoms. The Hall–Kier alpha value is -1.39. The number of hydrogen-bond acceptors (Lipinski definition) is 4. The van der Waals surface area contributed by atoms with Gasteiger partial charge in [-0.05, 0) is 32.1 Å². The molecule has 5 heteroatoms. The second kappa shape index (κ2) is 6.16. The number of esters is 1. The molecule has 0 N–H and O–H groups in total. The van der Waals surface area contributed by atoms with E-state index in [-0.39, 0.29) is 36.2 Å². The number of hydrogen-bond donors (Lipinski definition) is 0. The van der Waals surface area contributed by atoms with Gasteiger partial charge in [0, 0.05) is 13.0 Å². The van der Waals surface area contributed by atoms with Crippen molar-refractivity contribution in [1.29, 1.82) is 0 Å². The monoisotopic (exact) mass is 297 g/mol. The van der Waals surface area contributed by atoms with E-state index in [1.54, 1.807) is 25.7 Å². The molecular weight excluding hydrogens is 270 g/mol. The van der Waals surface area contributed by atoms with E-state index in [4.69, 9.17) is 4.74 Å². The van der Waals surface area contributed by atoms with E-state index in [0.29, 0.717) is 13.0 Å². The van der Waals surface area contributed by atoms with E-state index in [2.05, 4.69) is 20.8 Å². The lowest BCUT2D eigenvalue weighted by atomic mass is 9.80. The highest BCUT2D eigenvalue weighted by Crippen LogP contribution is 2.34. The molecule has 0 spiro atoms. The van der Waals surface area contributed by atoms with Crippen molar-refractivity contribution < 1.29 is 19.1 Å². The van der Waals surface area contributed by atoms with Crippen LogP contribution in [-0.4, -0.2) is 42.3 Å². The first-order chi connectivity index (χ1) is 9.50. The molecule has 1 saturated heterocycles. The summed E-state index contributed by atoms with van der Waals surface area (Å²) in [6, 6.07) is 0. The van der Waals surface area contributed by atoms with Crippen molar-refractivity contribution in [2.75, 3.05) is 19.7 Å². The average Bonchev–Trinajstić information content (AvgIpc) is 2.71. The maximum absolute atomic E-state index is 12.3. The quantitative estimate of drug-likeness (QED) is 0.575. The molecule has 0 aromatic carbocycles. The Bertz CT molecular complexity index is 434. The number of carbonyl (C=O) groups excluding carboxylic acids is 3. The number of amides is 1. The Kier molecular flexibility index (Phi) is 5.18. The third-order valence-electron chi connectivity index (χ3n) is 4.26. The van der Waals surface area contributed by atoms with Crippen molar-refractivity contribution in [2.45, 2.75) is 48.0 Å². The van der Waals surface area contributed by atoms with Crippen LogP contribution in [0.3, 0.4) is 0 Å². The number of carbonyl (C=O) groups is 3. The molecular formula is C16H27NO4. The number of likely N-dealkylation sites (tertiary alicyclic amines) is 1. The van der Waals surface area contributed by atoms with Crippen LogP contribution in [0, 0.1) is 16.7 Å². The van der Waals surface area contributed by atoms with Gasteiger partial charge in [0.05, 0.1) is 13.2 Å². The minimum Gasteiger partial charge on any atom is -0.465 e. The Morgan fingerprint density at radius 1 is 1.24 bits per heavy atom. The number of nitrogens with zero attached hydrogens (tertiary/aromatic N) is 1. The Morgan fingerprint density at radius 3 is 2.24 bits per heavy atom. The molecule has 120 valence electrons. The summed E-state index contributed by atoms with van der Waals surface area (Å²) in [5.41, 5.74) is -1.18. The molecule has 1 heterocycles. The minimum absolute atomic E-state index is 0.0112. The summed E-state index contributed by atoms with van der Waals surface area (Å²) < 4.78 is 4.93. The molecule has 0 radical (unpaired) electrons. The third-order valence-corrected chi connectivity index (χ3v) is 4.26. The largest absolute Gasteiger partial charge is 0.465 e. The highest BCUT2D eigenvalue weighted by molar-refractivity contribution is 6.04. The van der Waals surface area contributed by atoms with Gasteiger partial charge in [0.1, 0.15) is 5.41 Å². The summed E-state index contributed by atoms with van der Waals surface area (Å²) in [5.74, 6) is -0.579. The molecule has 1 fully saturated rings. The van der Waals surface area contributed by atoms with Gasteiger partial charge in [0.15, 0.2) is 5.78 Å². The van der Waals surface area contributed by atoms with Crippen molar-refractivity contribution in [3.05, 3.63) is 0 Å². The summed E-state index contributed by atoms with van der Waals surface area (Å²) in [4.78, 5) is 37.8. The van der Waals surface area contributed by atoms with Gasteiger partial charge in [0.25, 0.3) is 0 Å². The molecule has 1 unspecified atom stereocenters. The maximum Gasteiger partial charge on any atom is 0.319 e. The van der Waals surface area contributed by atoms with Crippen molar-refractivity contribution in [2.24, 2.45) is 16.7 Å². The summed E-state index contributed by atoms with van der Waals surface area (Å²) in [6.45, 7) is 11.9. The van der Waals surface area contributed by atoms with Crippen LogP contribution in [0.4, 0.5) is 0 Å². The highest BCUT2D eigenvalue weighted by Gasteiger charge is 2.42. The Labute approximate surface area is 127 Å². The predicted molar refractivity (Wildman–Crippen MR) is 79.6 cm³/mol. The smallest absolute Gasteiger partial charge is 0.319 e. The van der Waals surface area contributed by atoms with Crippen LogP contribution in [0.1, 0.15) is 48.0 Å². The van der Waals surface area contributed by atoms with Crippen LogP contribution in [0.25, 0.3) is 0 Å². The zero-order valence-corrected chi connectivity index (χ0v) is 14.0. The molecule has 0 aliphatic carbocycles. The van der Waals surface area contributed by atoms with E-state index in [0.717, 1.165) is 0 Å². The van der Waals surface area contributed by atoms with Gasteiger partial charge in [-0.15, -0.1) is 0 Å². The van der Waals surface area contributed by atoms with Crippen LogP contribution in [0.2, 0.25) is 0 Å². The van der Waals surface area contributed by atoms with Gasteiger partial charge >= 0.3 is 5.97 Å². The summed E-state index contributed by atoms with van der Waals surface area (Å²) in [7, 11) is 0. The van der Waals surface area contributed by atoms with Gasteiger partial charge in [-0.1, -0.05) is 20.8 Å². The second-order valence-electron chi connectivity index (χ2n) is 7.31. The van der Waals surface area contributed by atoms with Crippen molar-refractivity contribution in [3.8, 4) is 0 Å². The molecule has 1 rings (SSSR count). The predicted octanol–water partition coefficient (Wildman–Crippen LogP) is 2.04. The van der Waals surface area contributed by atoms with Crippen molar-refractivity contribution >= 4 is 17.7 Å². The Balaban J connectivity index is 2.71. The van der Waals surface area contributed by atoms with Crippen LogP contribution in [-0.2, 0) is 19.1 Å². The van der Waals surface area contributed by atoms with Crippen molar-refractivity contribution in [3.63, 3.8) is 0 Å². The molecule has 0 aromatic rings. The summed E-state index contributed by atoms with van der Waals surface area (Å²) >= 11 is 0. The fraction of sp³-hybridized carbons (Fsp3) is 0.812.